The minimum Gasteiger partial charge on any atom is -0.488 e. The Morgan fingerprint density at radius 2 is 2.11 bits per heavy atom. The molecule has 3 heteroatoms. The van der Waals surface area contributed by atoms with Crippen LogP contribution in [0.2, 0.25) is 0 Å². The second-order valence-electron chi connectivity index (χ2n) is 5.72. The first-order valence-electron chi connectivity index (χ1n) is 6.77. The van der Waals surface area contributed by atoms with Crippen molar-refractivity contribution >= 4 is 0 Å². The van der Waals surface area contributed by atoms with Gasteiger partial charge in [0.1, 0.15) is 11.4 Å². The Morgan fingerprint density at radius 3 is 2.72 bits per heavy atom. The molecule has 1 N–H and O–H groups in total. The highest BCUT2D eigenvalue weighted by Gasteiger charge is 2.16. The Hall–Kier alpha value is -1.09. The number of hydrogen-bond donors (Lipinski definition) is 1. The molecule has 0 aliphatic carbocycles. The summed E-state index contributed by atoms with van der Waals surface area (Å²) in [6, 6.07) is 3.94. The molecular formula is C15H26N2O. The highest BCUT2D eigenvalue weighted by atomic mass is 16.5. The fraction of sp³-hybridized carbons (Fsp3) is 0.667. The van der Waals surface area contributed by atoms with Gasteiger partial charge >= 0.3 is 0 Å². The summed E-state index contributed by atoms with van der Waals surface area (Å²) in [5.41, 5.74) is 0.907. The third-order valence-corrected chi connectivity index (χ3v) is 2.89. The molecule has 0 bridgehead atoms. The molecule has 1 rings (SSSR count). The van der Waals surface area contributed by atoms with E-state index in [9.17, 15) is 0 Å². The summed E-state index contributed by atoms with van der Waals surface area (Å²) in [4.78, 5) is 4.35. The predicted octanol–water partition coefficient (Wildman–Crippen LogP) is 3.39. The number of hydrogen-bond acceptors (Lipinski definition) is 3. The van der Waals surface area contributed by atoms with Crippen LogP contribution in [0.4, 0.5) is 0 Å². The number of nitrogens with zero attached hydrogens (tertiary/aromatic N) is 1. The van der Waals surface area contributed by atoms with Gasteiger partial charge in [-0.25, -0.2) is 0 Å². The molecule has 1 aromatic rings. The van der Waals surface area contributed by atoms with Crippen molar-refractivity contribution in [2.75, 3.05) is 6.54 Å². The summed E-state index contributed by atoms with van der Waals surface area (Å²) in [5.74, 6) is 1.56. The fourth-order valence-corrected chi connectivity index (χ4v) is 1.50. The third-order valence-electron chi connectivity index (χ3n) is 2.89. The molecule has 0 aromatic carbocycles. The van der Waals surface area contributed by atoms with Gasteiger partial charge in [-0.3, -0.25) is 4.98 Å². The van der Waals surface area contributed by atoms with Crippen molar-refractivity contribution in [1.82, 2.24) is 10.3 Å². The van der Waals surface area contributed by atoms with Crippen LogP contribution in [0.25, 0.3) is 0 Å². The van der Waals surface area contributed by atoms with E-state index in [-0.39, 0.29) is 5.60 Å². The maximum Gasteiger partial charge on any atom is 0.123 e. The number of ether oxygens (including phenoxy) is 1. The molecule has 0 spiro atoms. The Bertz CT molecular complexity index is 361. The molecule has 0 fully saturated rings. The summed E-state index contributed by atoms with van der Waals surface area (Å²) in [7, 11) is 0. The van der Waals surface area contributed by atoms with Crippen LogP contribution in [-0.4, -0.2) is 17.1 Å². The smallest absolute Gasteiger partial charge is 0.123 e. The quantitative estimate of drug-likeness (QED) is 0.805. The van der Waals surface area contributed by atoms with Crippen LogP contribution in [-0.2, 0) is 6.54 Å². The standard InChI is InChI=1S/C15H26N2O/c1-6-15(4,5)18-14-7-8-17-13(9-14)11-16-10-12(2)3/h7-9,12,16H,6,10-11H2,1-5H3. The van der Waals surface area contributed by atoms with Crippen LogP contribution in [0.5, 0.6) is 5.75 Å². The van der Waals surface area contributed by atoms with Crippen molar-refractivity contribution < 1.29 is 4.74 Å². The zero-order valence-electron chi connectivity index (χ0n) is 12.3. The lowest BCUT2D eigenvalue weighted by Crippen LogP contribution is -2.27. The summed E-state index contributed by atoms with van der Waals surface area (Å²) in [5, 5.41) is 3.39. The van der Waals surface area contributed by atoms with Gasteiger partial charge in [-0.15, -0.1) is 0 Å². The van der Waals surface area contributed by atoms with Crippen molar-refractivity contribution in [2.45, 2.75) is 53.2 Å². The molecule has 0 radical (unpaired) electrons. The Balaban J connectivity index is 2.57. The van der Waals surface area contributed by atoms with Gasteiger partial charge in [0.15, 0.2) is 0 Å². The fourth-order valence-electron chi connectivity index (χ4n) is 1.50. The molecule has 3 nitrogen and oxygen atoms in total. The monoisotopic (exact) mass is 250 g/mol. The van der Waals surface area contributed by atoms with Crippen LogP contribution < -0.4 is 10.1 Å². The lowest BCUT2D eigenvalue weighted by molar-refractivity contribution is 0.105. The molecule has 0 saturated carbocycles. The SMILES string of the molecule is CCC(C)(C)Oc1ccnc(CNCC(C)C)c1. The van der Waals surface area contributed by atoms with E-state index < -0.39 is 0 Å². The van der Waals surface area contributed by atoms with E-state index in [1.54, 1.807) is 0 Å². The highest BCUT2D eigenvalue weighted by Crippen LogP contribution is 2.20. The van der Waals surface area contributed by atoms with Crippen molar-refractivity contribution in [3.05, 3.63) is 24.0 Å². The lowest BCUT2D eigenvalue weighted by atomic mass is 10.1. The summed E-state index contributed by atoms with van der Waals surface area (Å²) in [6.45, 7) is 12.5. The van der Waals surface area contributed by atoms with Gasteiger partial charge in [-0.05, 0) is 38.8 Å². The first-order valence-corrected chi connectivity index (χ1v) is 6.77. The average Bonchev–Trinajstić information content (AvgIpc) is 2.28. The molecule has 0 aliphatic rings. The van der Waals surface area contributed by atoms with Gasteiger partial charge in [0.25, 0.3) is 0 Å². The third kappa shape index (κ3) is 5.50. The summed E-state index contributed by atoms with van der Waals surface area (Å²) < 4.78 is 5.95. The van der Waals surface area contributed by atoms with Crippen molar-refractivity contribution in [1.29, 1.82) is 0 Å². The summed E-state index contributed by atoms with van der Waals surface area (Å²) >= 11 is 0. The van der Waals surface area contributed by atoms with Crippen molar-refractivity contribution in [2.24, 2.45) is 5.92 Å². The van der Waals surface area contributed by atoms with Crippen LogP contribution >= 0.6 is 0 Å². The number of aromatic nitrogens is 1. The minimum absolute atomic E-state index is 0.121. The van der Waals surface area contributed by atoms with Crippen LogP contribution in [0.1, 0.15) is 46.7 Å². The van der Waals surface area contributed by atoms with Crippen LogP contribution in [0.3, 0.4) is 0 Å². The molecule has 0 aliphatic heterocycles. The van der Waals surface area contributed by atoms with Gasteiger partial charge in [0, 0.05) is 18.8 Å². The largest absolute Gasteiger partial charge is 0.488 e. The maximum absolute atomic E-state index is 5.95. The molecular weight excluding hydrogens is 224 g/mol. The predicted molar refractivity (Wildman–Crippen MR) is 75.8 cm³/mol. The average molecular weight is 250 g/mol. The first kappa shape index (κ1) is 15.0. The zero-order valence-corrected chi connectivity index (χ0v) is 12.3. The Labute approximate surface area is 111 Å². The van der Waals surface area contributed by atoms with E-state index in [0.717, 1.165) is 31.0 Å². The topological polar surface area (TPSA) is 34.1 Å². The molecule has 18 heavy (non-hydrogen) atoms. The molecule has 1 aromatic heterocycles. The number of rotatable bonds is 7. The van der Waals surface area contributed by atoms with Crippen molar-refractivity contribution in [3.8, 4) is 5.75 Å². The number of pyridine rings is 1. The molecule has 1 heterocycles. The van der Waals surface area contributed by atoms with Crippen LogP contribution in [0, 0.1) is 5.92 Å². The van der Waals surface area contributed by atoms with E-state index in [4.69, 9.17) is 4.74 Å². The van der Waals surface area contributed by atoms with Gasteiger partial charge in [0.05, 0.1) is 5.69 Å². The maximum atomic E-state index is 5.95. The second-order valence-corrected chi connectivity index (χ2v) is 5.72. The van der Waals surface area contributed by atoms with E-state index in [1.165, 1.54) is 0 Å². The lowest BCUT2D eigenvalue weighted by Gasteiger charge is -2.25. The molecule has 0 saturated heterocycles. The Morgan fingerprint density at radius 1 is 1.39 bits per heavy atom. The Kier molecular flexibility index (Phi) is 5.60. The first-order chi connectivity index (χ1) is 8.43. The van der Waals surface area contributed by atoms with E-state index in [1.807, 2.05) is 18.3 Å². The molecule has 0 amide bonds. The summed E-state index contributed by atoms with van der Waals surface area (Å²) in [6.07, 6.45) is 2.80. The van der Waals surface area contributed by atoms with Crippen molar-refractivity contribution in [3.63, 3.8) is 0 Å². The number of nitrogens with one attached hydrogen (secondary N) is 1. The second kappa shape index (κ2) is 6.74. The van der Waals surface area contributed by atoms with Gasteiger partial charge in [-0.1, -0.05) is 20.8 Å². The van der Waals surface area contributed by atoms with Gasteiger partial charge < -0.3 is 10.1 Å². The van der Waals surface area contributed by atoms with Crippen LogP contribution in [0.15, 0.2) is 18.3 Å². The molecule has 0 atom stereocenters. The minimum atomic E-state index is -0.121. The van der Waals surface area contributed by atoms with E-state index in [2.05, 4.69) is 44.9 Å². The van der Waals surface area contributed by atoms with Gasteiger partial charge in [-0.2, -0.15) is 0 Å². The molecule has 0 unspecified atom stereocenters. The highest BCUT2D eigenvalue weighted by molar-refractivity contribution is 5.23. The molecule has 102 valence electrons. The van der Waals surface area contributed by atoms with E-state index >= 15 is 0 Å². The zero-order chi connectivity index (χ0) is 13.6. The van der Waals surface area contributed by atoms with Gasteiger partial charge in [0.2, 0.25) is 0 Å². The van der Waals surface area contributed by atoms with E-state index in [0.29, 0.717) is 5.92 Å². The normalized spacial score (nSPS) is 11.9.